The number of anilines is 1. The lowest BCUT2D eigenvalue weighted by Gasteiger charge is -2.52. The van der Waals surface area contributed by atoms with E-state index < -0.39 is 0 Å². The van der Waals surface area contributed by atoms with E-state index in [2.05, 4.69) is 26.1 Å². The van der Waals surface area contributed by atoms with Gasteiger partial charge in [-0.3, -0.25) is 4.79 Å². The van der Waals surface area contributed by atoms with Gasteiger partial charge in [-0.25, -0.2) is 4.39 Å². The van der Waals surface area contributed by atoms with Crippen LogP contribution in [0.15, 0.2) is 24.3 Å². The predicted molar refractivity (Wildman–Crippen MR) is 75.3 cm³/mol. The Morgan fingerprint density at radius 1 is 1.32 bits per heavy atom. The zero-order valence-electron chi connectivity index (χ0n) is 11.9. The van der Waals surface area contributed by atoms with Gasteiger partial charge in [0.05, 0.1) is 0 Å². The van der Waals surface area contributed by atoms with Crippen LogP contribution in [0.2, 0.25) is 0 Å². The molecule has 0 aromatic heterocycles. The standard InChI is InChI=1S/C16H22FNO/c1-4-11-9-12(16(11,2)3)10-15(19)18-14-7-5-13(17)6-8-14/h5-8,11-12H,4,9-10H2,1-3H3,(H,18,19). The summed E-state index contributed by atoms with van der Waals surface area (Å²) in [4.78, 5) is 12.0. The van der Waals surface area contributed by atoms with E-state index in [0.29, 0.717) is 18.0 Å². The van der Waals surface area contributed by atoms with Crippen LogP contribution in [0.5, 0.6) is 0 Å². The summed E-state index contributed by atoms with van der Waals surface area (Å²) in [6, 6.07) is 5.90. The molecule has 1 amide bonds. The van der Waals surface area contributed by atoms with Gasteiger partial charge in [0.15, 0.2) is 0 Å². The molecule has 1 aliphatic carbocycles. The van der Waals surface area contributed by atoms with Gasteiger partial charge in [-0.1, -0.05) is 27.2 Å². The SMILES string of the molecule is CCC1CC(CC(=O)Nc2ccc(F)cc2)C1(C)C. The quantitative estimate of drug-likeness (QED) is 0.865. The molecule has 0 heterocycles. The highest BCUT2D eigenvalue weighted by Gasteiger charge is 2.47. The highest BCUT2D eigenvalue weighted by molar-refractivity contribution is 5.90. The minimum absolute atomic E-state index is 0.0271. The van der Waals surface area contributed by atoms with Gasteiger partial charge in [0.2, 0.25) is 5.91 Å². The second-order valence-electron chi connectivity index (χ2n) is 6.12. The van der Waals surface area contributed by atoms with Crippen LogP contribution < -0.4 is 5.32 Å². The van der Waals surface area contributed by atoms with E-state index in [0.717, 1.165) is 12.3 Å². The number of benzene rings is 1. The third-order valence-electron chi connectivity index (χ3n) is 4.73. The molecular formula is C16H22FNO. The monoisotopic (exact) mass is 263 g/mol. The molecule has 1 aliphatic rings. The van der Waals surface area contributed by atoms with Gasteiger partial charge >= 0.3 is 0 Å². The maximum absolute atomic E-state index is 12.8. The number of amides is 1. The van der Waals surface area contributed by atoms with Gasteiger partial charge in [-0.05, 0) is 47.9 Å². The first-order chi connectivity index (χ1) is 8.93. The number of carbonyl (C=O) groups is 1. The van der Waals surface area contributed by atoms with Crippen molar-refractivity contribution in [1.29, 1.82) is 0 Å². The van der Waals surface area contributed by atoms with Gasteiger partial charge < -0.3 is 5.32 Å². The molecule has 1 aromatic rings. The molecule has 0 spiro atoms. The van der Waals surface area contributed by atoms with Crippen molar-refractivity contribution in [2.75, 3.05) is 5.32 Å². The van der Waals surface area contributed by atoms with E-state index in [4.69, 9.17) is 0 Å². The molecule has 0 saturated heterocycles. The van der Waals surface area contributed by atoms with Crippen molar-refractivity contribution in [3.8, 4) is 0 Å². The van der Waals surface area contributed by atoms with Crippen molar-refractivity contribution in [1.82, 2.24) is 0 Å². The van der Waals surface area contributed by atoms with Gasteiger partial charge in [-0.15, -0.1) is 0 Å². The third-order valence-corrected chi connectivity index (χ3v) is 4.73. The van der Waals surface area contributed by atoms with Crippen LogP contribution in [0.25, 0.3) is 0 Å². The Labute approximate surface area is 114 Å². The number of nitrogens with one attached hydrogen (secondary N) is 1. The van der Waals surface area contributed by atoms with E-state index >= 15 is 0 Å². The van der Waals surface area contributed by atoms with Crippen molar-refractivity contribution >= 4 is 11.6 Å². The molecule has 104 valence electrons. The molecule has 3 heteroatoms. The molecule has 2 atom stereocenters. The molecule has 2 rings (SSSR count). The zero-order valence-corrected chi connectivity index (χ0v) is 11.9. The molecule has 0 radical (unpaired) electrons. The van der Waals surface area contributed by atoms with Crippen molar-refractivity contribution in [3.05, 3.63) is 30.1 Å². The molecular weight excluding hydrogens is 241 g/mol. The number of rotatable bonds is 4. The Balaban J connectivity index is 1.87. The molecule has 2 unspecified atom stereocenters. The summed E-state index contributed by atoms with van der Waals surface area (Å²) in [5.74, 6) is 0.928. The predicted octanol–water partition coefficient (Wildman–Crippen LogP) is 4.23. The minimum Gasteiger partial charge on any atom is -0.326 e. The Hall–Kier alpha value is -1.38. The Kier molecular flexibility index (Phi) is 3.93. The van der Waals surface area contributed by atoms with Crippen LogP contribution in [0.1, 0.15) is 40.0 Å². The van der Waals surface area contributed by atoms with Crippen LogP contribution in [-0.4, -0.2) is 5.91 Å². The van der Waals surface area contributed by atoms with Gasteiger partial charge in [0.25, 0.3) is 0 Å². The van der Waals surface area contributed by atoms with Crippen LogP contribution in [0.4, 0.5) is 10.1 Å². The van der Waals surface area contributed by atoms with Crippen LogP contribution >= 0.6 is 0 Å². The lowest BCUT2D eigenvalue weighted by molar-refractivity contribution is -0.122. The van der Waals surface area contributed by atoms with Crippen LogP contribution in [0.3, 0.4) is 0 Å². The Bertz CT molecular complexity index is 452. The average molecular weight is 263 g/mol. The Morgan fingerprint density at radius 2 is 1.95 bits per heavy atom. The first-order valence-corrected chi connectivity index (χ1v) is 6.99. The van der Waals surface area contributed by atoms with Crippen molar-refractivity contribution in [2.24, 2.45) is 17.3 Å². The normalized spacial score (nSPS) is 24.6. The first-order valence-electron chi connectivity index (χ1n) is 6.99. The summed E-state index contributed by atoms with van der Waals surface area (Å²) >= 11 is 0. The topological polar surface area (TPSA) is 29.1 Å². The second-order valence-corrected chi connectivity index (χ2v) is 6.12. The molecule has 1 fully saturated rings. The lowest BCUT2D eigenvalue weighted by atomic mass is 9.53. The molecule has 1 N–H and O–H groups in total. The van der Waals surface area contributed by atoms with E-state index in [9.17, 15) is 9.18 Å². The van der Waals surface area contributed by atoms with Crippen molar-refractivity contribution in [3.63, 3.8) is 0 Å². The van der Waals surface area contributed by atoms with Crippen LogP contribution in [0, 0.1) is 23.1 Å². The van der Waals surface area contributed by atoms with E-state index in [1.807, 2.05) is 0 Å². The molecule has 19 heavy (non-hydrogen) atoms. The van der Waals surface area contributed by atoms with Gasteiger partial charge in [0.1, 0.15) is 5.82 Å². The van der Waals surface area contributed by atoms with E-state index in [-0.39, 0.29) is 17.1 Å². The minimum atomic E-state index is -0.288. The average Bonchev–Trinajstić information content (AvgIpc) is 2.37. The first kappa shape index (κ1) is 14.0. The summed E-state index contributed by atoms with van der Waals surface area (Å²) < 4.78 is 12.8. The summed E-state index contributed by atoms with van der Waals surface area (Å²) in [6.07, 6.45) is 2.88. The van der Waals surface area contributed by atoms with Crippen molar-refractivity contribution < 1.29 is 9.18 Å². The fourth-order valence-electron chi connectivity index (χ4n) is 3.13. The third kappa shape index (κ3) is 2.96. The smallest absolute Gasteiger partial charge is 0.224 e. The summed E-state index contributed by atoms with van der Waals surface area (Å²) in [5.41, 5.74) is 0.921. The summed E-state index contributed by atoms with van der Waals surface area (Å²) in [6.45, 7) is 6.71. The fraction of sp³-hybridized carbons (Fsp3) is 0.562. The Morgan fingerprint density at radius 3 is 2.47 bits per heavy atom. The number of hydrogen-bond acceptors (Lipinski definition) is 1. The second kappa shape index (κ2) is 5.32. The number of halogens is 1. The van der Waals surface area contributed by atoms with Gasteiger partial charge in [-0.2, -0.15) is 0 Å². The summed E-state index contributed by atoms with van der Waals surface area (Å²) in [7, 11) is 0. The number of carbonyl (C=O) groups excluding carboxylic acids is 1. The fourth-order valence-corrected chi connectivity index (χ4v) is 3.13. The lowest BCUT2D eigenvalue weighted by Crippen LogP contribution is -2.45. The number of hydrogen-bond donors (Lipinski definition) is 1. The van der Waals surface area contributed by atoms with Gasteiger partial charge in [0, 0.05) is 12.1 Å². The maximum Gasteiger partial charge on any atom is 0.224 e. The van der Waals surface area contributed by atoms with E-state index in [1.54, 1.807) is 12.1 Å². The van der Waals surface area contributed by atoms with Crippen LogP contribution in [-0.2, 0) is 4.79 Å². The molecule has 1 aromatic carbocycles. The largest absolute Gasteiger partial charge is 0.326 e. The molecule has 0 aliphatic heterocycles. The highest BCUT2D eigenvalue weighted by Crippen LogP contribution is 2.54. The molecule has 0 bridgehead atoms. The summed E-state index contributed by atoms with van der Waals surface area (Å²) in [5, 5.41) is 2.83. The highest BCUT2D eigenvalue weighted by atomic mass is 19.1. The van der Waals surface area contributed by atoms with E-state index in [1.165, 1.54) is 18.6 Å². The molecule has 2 nitrogen and oxygen atoms in total. The maximum atomic E-state index is 12.8. The zero-order chi connectivity index (χ0) is 14.0. The van der Waals surface area contributed by atoms with Crippen molar-refractivity contribution in [2.45, 2.75) is 40.0 Å². The molecule has 1 saturated carbocycles.